The molecule has 1 aromatic rings. The average Bonchev–Trinajstić information content (AvgIpc) is 2.62. The molecule has 0 unspecified atom stereocenters. The Labute approximate surface area is 110 Å². The van der Waals surface area contributed by atoms with Crippen molar-refractivity contribution in [2.45, 2.75) is 32.7 Å². The first-order valence-electron chi connectivity index (χ1n) is 5.67. The summed E-state index contributed by atoms with van der Waals surface area (Å²) >= 11 is 0. The van der Waals surface area contributed by atoms with Gasteiger partial charge in [0.25, 0.3) is 0 Å². The predicted octanol–water partition coefficient (Wildman–Crippen LogP) is 0.338. The molecule has 0 saturated heterocycles. The molecule has 0 atom stereocenters. The van der Waals surface area contributed by atoms with Crippen LogP contribution in [0.4, 0.5) is 0 Å². The number of carbonyl (C=O) groups is 2. The number of aliphatic carboxylic acids is 2. The van der Waals surface area contributed by atoms with Crippen molar-refractivity contribution in [2.75, 3.05) is 13.1 Å². The lowest BCUT2D eigenvalue weighted by Gasteiger charge is -2.15. The zero-order valence-electron chi connectivity index (χ0n) is 11.1. The monoisotopic (exact) mass is 271 g/mol. The molecule has 8 heteroatoms. The van der Waals surface area contributed by atoms with Crippen LogP contribution in [-0.2, 0) is 21.5 Å². The van der Waals surface area contributed by atoms with Crippen molar-refractivity contribution >= 4 is 11.9 Å². The lowest BCUT2D eigenvalue weighted by Crippen LogP contribution is -2.34. The van der Waals surface area contributed by atoms with Gasteiger partial charge in [0.1, 0.15) is 0 Å². The first kappa shape index (κ1) is 15.1. The van der Waals surface area contributed by atoms with Crippen LogP contribution in [0.25, 0.3) is 0 Å². The summed E-state index contributed by atoms with van der Waals surface area (Å²) < 4.78 is 5.06. The molecule has 0 spiro atoms. The van der Waals surface area contributed by atoms with Gasteiger partial charge in [0.2, 0.25) is 5.89 Å². The van der Waals surface area contributed by atoms with Crippen LogP contribution in [-0.4, -0.2) is 50.3 Å². The van der Waals surface area contributed by atoms with Gasteiger partial charge in [0.15, 0.2) is 5.82 Å². The number of carboxylic acids is 2. The third-order valence-corrected chi connectivity index (χ3v) is 2.19. The van der Waals surface area contributed by atoms with Crippen LogP contribution < -0.4 is 0 Å². The SMILES string of the molecule is CC(C)(C)c1nc(CN(CC(=O)O)CC(=O)O)no1. The molecule has 0 fully saturated rings. The summed E-state index contributed by atoms with van der Waals surface area (Å²) in [4.78, 5) is 26.6. The Morgan fingerprint density at radius 2 is 1.74 bits per heavy atom. The van der Waals surface area contributed by atoms with Gasteiger partial charge < -0.3 is 14.7 Å². The van der Waals surface area contributed by atoms with Crippen molar-refractivity contribution in [2.24, 2.45) is 0 Å². The number of carboxylic acid groups (broad SMARTS) is 2. The summed E-state index contributed by atoms with van der Waals surface area (Å²) in [6.45, 7) is 4.92. The molecule has 19 heavy (non-hydrogen) atoms. The highest BCUT2D eigenvalue weighted by Gasteiger charge is 2.23. The Balaban J connectivity index is 2.75. The van der Waals surface area contributed by atoms with E-state index < -0.39 is 25.0 Å². The molecule has 2 N–H and O–H groups in total. The van der Waals surface area contributed by atoms with E-state index in [4.69, 9.17) is 14.7 Å². The number of nitrogens with zero attached hydrogens (tertiary/aromatic N) is 3. The largest absolute Gasteiger partial charge is 0.480 e. The van der Waals surface area contributed by atoms with E-state index in [1.165, 1.54) is 4.90 Å². The van der Waals surface area contributed by atoms with Crippen molar-refractivity contribution in [3.8, 4) is 0 Å². The molecule has 8 nitrogen and oxygen atoms in total. The second-order valence-corrected chi connectivity index (χ2v) is 5.20. The van der Waals surface area contributed by atoms with Crippen molar-refractivity contribution in [1.82, 2.24) is 15.0 Å². The van der Waals surface area contributed by atoms with Crippen LogP contribution in [0.15, 0.2) is 4.52 Å². The van der Waals surface area contributed by atoms with Gasteiger partial charge in [-0.15, -0.1) is 0 Å². The molecule has 1 rings (SSSR count). The summed E-state index contributed by atoms with van der Waals surface area (Å²) in [7, 11) is 0. The Morgan fingerprint density at radius 3 is 2.11 bits per heavy atom. The van der Waals surface area contributed by atoms with E-state index in [2.05, 4.69) is 10.1 Å². The minimum atomic E-state index is -1.11. The van der Waals surface area contributed by atoms with Gasteiger partial charge in [-0.25, -0.2) is 0 Å². The summed E-state index contributed by atoms with van der Waals surface area (Å²) in [5, 5.41) is 21.1. The molecule has 1 heterocycles. The van der Waals surface area contributed by atoms with Crippen molar-refractivity contribution < 1.29 is 24.3 Å². The summed E-state index contributed by atoms with van der Waals surface area (Å²) in [5.41, 5.74) is -0.310. The predicted molar refractivity (Wildman–Crippen MR) is 63.5 cm³/mol. The van der Waals surface area contributed by atoms with Crippen molar-refractivity contribution in [3.63, 3.8) is 0 Å². The van der Waals surface area contributed by atoms with E-state index >= 15 is 0 Å². The van der Waals surface area contributed by atoms with E-state index in [1.54, 1.807) is 0 Å². The Morgan fingerprint density at radius 1 is 1.21 bits per heavy atom. The molecule has 0 saturated carbocycles. The maximum absolute atomic E-state index is 10.6. The highest BCUT2D eigenvalue weighted by molar-refractivity contribution is 5.72. The van der Waals surface area contributed by atoms with Gasteiger partial charge in [-0.3, -0.25) is 14.5 Å². The lowest BCUT2D eigenvalue weighted by atomic mass is 9.97. The number of aromatic nitrogens is 2. The maximum atomic E-state index is 10.6. The van der Waals surface area contributed by atoms with E-state index in [1.807, 2.05) is 20.8 Å². The quantitative estimate of drug-likeness (QED) is 0.760. The standard InChI is InChI=1S/C11H17N3O5/c1-11(2,3)10-12-7(13-19-10)4-14(5-8(15)16)6-9(17)18/h4-6H2,1-3H3,(H,15,16)(H,17,18). The van der Waals surface area contributed by atoms with Gasteiger partial charge in [-0.05, 0) is 0 Å². The fraction of sp³-hybridized carbons (Fsp3) is 0.636. The summed E-state index contributed by atoms with van der Waals surface area (Å²) in [6, 6.07) is 0. The number of hydrogen-bond donors (Lipinski definition) is 2. The zero-order chi connectivity index (χ0) is 14.6. The number of rotatable bonds is 6. The second kappa shape index (κ2) is 5.79. The number of hydrogen-bond acceptors (Lipinski definition) is 6. The Hall–Kier alpha value is -1.96. The third-order valence-electron chi connectivity index (χ3n) is 2.19. The van der Waals surface area contributed by atoms with Gasteiger partial charge in [0, 0.05) is 5.41 Å². The van der Waals surface area contributed by atoms with Gasteiger partial charge in [-0.1, -0.05) is 25.9 Å². The second-order valence-electron chi connectivity index (χ2n) is 5.20. The Kier molecular flexibility index (Phi) is 4.60. The first-order valence-corrected chi connectivity index (χ1v) is 5.67. The van der Waals surface area contributed by atoms with E-state index in [-0.39, 0.29) is 17.8 Å². The topological polar surface area (TPSA) is 117 Å². The molecule has 0 aliphatic rings. The maximum Gasteiger partial charge on any atom is 0.317 e. The van der Waals surface area contributed by atoms with Crippen molar-refractivity contribution in [1.29, 1.82) is 0 Å². The highest BCUT2D eigenvalue weighted by atomic mass is 16.5. The molecular formula is C11H17N3O5. The summed E-state index contributed by atoms with van der Waals surface area (Å²) in [5.74, 6) is -1.53. The smallest absolute Gasteiger partial charge is 0.317 e. The first-order chi connectivity index (χ1) is 8.68. The molecule has 0 radical (unpaired) electrons. The van der Waals surface area contributed by atoms with Gasteiger partial charge >= 0.3 is 11.9 Å². The Bertz CT molecular complexity index is 447. The van der Waals surface area contributed by atoms with Crippen LogP contribution in [0, 0.1) is 0 Å². The molecule has 106 valence electrons. The fourth-order valence-corrected chi connectivity index (χ4v) is 1.37. The van der Waals surface area contributed by atoms with Crippen LogP contribution in [0.1, 0.15) is 32.5 Å². The van der Waals surface area contributed by atoms with Crippen LogP contribution >= 0.6 is 0 Å². The van der Waals surface area contributed by atoms with Crippen LogP contribution in [0.5, 0.6) is 0 Å². The molecule has 0 aliphatic carbocycles. The minimum Gasteiger partial charge on any atom is -0.480 e. The van der Waals surface area contributed by atoms with E-state index in [9.17, 15) is 9.59 Å². The summed E-state index contributed by atoms with van der Waals surface area (Å²) in [6.07, 6.45) is 0. The average molecular weight is 271 g/mol. The fourth-order valence-electron chi connectivity index (χ4n) is 1.37. The molecule has 0 aliphatic heterocycles. The van der Waals surface area contributed by atoms with Gasteiger partial charge in [0.05, 0.1) is 19.6 Å². The lowest BCUT2D eigenvalue weighted by molar-refractivity contribution is -0.142. The normalized spacial score (nSPS) is 11.8. The molecule has 1 aromatic heterocycles. The van der Waals surface area contributed by atoms with E-state index in [0.717, 1.165) is 0 Å². The van der Waals surface area contributed by atoms with E-state index in [0.29, 0.717) is 5.89 Å². The van der Waals surface area contributed by atoms with Gasteiger partial charge in [-0.2, -0.15) is 4.98 Å². The highest BCUT2D eigenvalue weighted by Crippen LogP contribution is 2.19. The molecular weight excluding hydrogens is 254 g/mol. The zero-order valence-corrected chi connectivity index (χ0v) is 11.1. The molecule has 0 amide bonds. The molecule has 0 bridgehead atoms. The molecule has 0 aromatic carbocycles. The van der Waals surface area contributed by atoms with Crippen molar-refractivity contribution in [3.05, 3.63) is 11.7 Å². The van der Waals surface area contributed by atoms with Crippen LogP contribution in [0.3, 0.4) is 0 Å². The van der Waals surface area contributed by atoms with Crippen LogP contribution in [0.2, 0.25) is 0 Å². The minimum absolute atomic E-state index is 0.0121. The third kappa shape index (κ3) is 5.04.